The molecule has 1 heterocycles. The minimum Gasteiger partial charge on any atom is -0.370 e. The van der Waals surface area contributed by atoms with Crippen molar-refractivity contribution >= 4 is 22.2 Å². The van der Waals surface area contributed by atoms with Crippen LogP contribution in [0.15, 0.2) is 30.3 Å². The van der Waals surface area contributed by atoms with E-state index >= 15 is 0 Å². The van der Waals surface area contributed by atoms with Crippen LogP contribution < -0.4 is 4.90 Å². The van der Waals surface area contributed by atoms with Crippen molar-refractivity contribution in [3.05, 3.63) is 41.5 Å². The van der Waals surface area contributed by atoms with Crippen molar-refractivity contribution in [2.24, 2.45) is 0 Å². The highest BCUT2D eigenvalue weighted by Gasteiger charge is 2.46. The number of carbonyl (C=O) groups excluding carboxylic acids is 1. The number of rotatable bonds is 5. The third-order valence-electron chi connectivity index (χ3n) is 6.63. The number of ketones is 1. The van der Waals surface area contributed by atoms with Crippen LogP contribution in [0.5, 0.6) is 0 Å². The van der Waals surface area contributed by atoms with E-state index in [1.807, 2.05) is 0 Å². The number of hydrogen-bond acceptors (Lipinski definition) is 3. The van der Waals surface area contributed by atoms with Gasteiger partial charge in [-0.2, -0.15) is 0 Å². The molecule has 4 rings (SSSR count). The molecule has 0 bridgehead atoms. The second-order valence-corrected chi connectivity index (χ2v) is 8.42. The lowest BCUT2D eigenvalue weighted by Crippen LogP contribution is -2.32. The monoisotopic (exact) mass is 364 g/mol. The van der Waals surface area contributed by atoms with Crippen LogP contribution in [0.2, 0.25) is 0 Å². The smallest absolute Gasteiger partial charge is 0.174 e. The van der Waals surface area contributed by atoms with Gasteiger partial charge in [-0.15, -0.1) is 0 Å². The molecule has 3 nitrogen and oxygen atoms in total. The highest BCUT2D eigenvalue weighted by Crippen LogP contribution is 2.49. The largest absolute Gasteiger partial charge is 0.370 e. The molecule has 0 radical (unpaired) electrons. The summed E-state index contributed by atoms with van der Waals surface area (Å²) in [5.41, 5.74) is 3.25. The summed E-state index contributed by atoms with van der Waals surface area (Å²) in [6, 6.07) is 11.0. The minimum absolute atomic E-state index is 0.303. The topological polar surface area (TPSA) is 23.6 Å². The zero-order valence-electron chi connectivity index (χ0n) is 17.1. The molecule has 27 heavy (non-hydrogen) atoms. The minimum atomic E-state index is -0.303. The van der Waals surface area contributed by atoms with Crippen LogP contribution >= 0.6 is 0 Å². The van der Waals surface area contributed by atoms with Crippen LogP contribution in [0.25, 0.3) is 10.8 Å². The van der Waals surface area contributed by atoms with Crippen LogP contribution in [0, 0.1) is 0 Å². The molecule has 2 aromatic carbocycles. The van der Waals surface area contributed by atoms with E-state index in [0.29, 0.717) is 5.78 Å². The van der Waals surface area contributed by atoms with E-state index in [9.17, 15) is 4.79 Å². The maximum Gasteiger partial charge on any atom is 0.174 e. The number of anilines is 1. The Morgan fingerprint density at radius 3 is 2.48 bits per heavy atom. The highest BCUT2D eigenvalue weighted by molar-refractivity contribution is 6.22. The predicted octanol–water partition coefficient (Wildman–Crippen LogP) is 5.02. The van der Waals surface area contributed by atoms with Gasteiger partial charge in [0.1, 0.15) is 0 Å². The maximum atomic E-state index is 13.5. The number of carbonyl (C=O) groups is 1. The van der Waals surface area contributed by atoms with Crippen LogP contribution in [0.1, 0.15) is 61.9 Å². The van der Waals surface area contributed by atoms with Gasteiger partial charge < -0.3 is 9.80 Å². The zero-order chi connectivity index (χ0) is 19.0. The summed E-state index contributed by atoms with van der Waals surface area (Å²) in [5.74, 6) is 0.361. The van der Waals surface area contributed by atoms with Crippen molar-refractivity contribution in [3.8, 4) is 0 Å². The number of nitrogens with zero attached hydrogens (tertiary/aromatic N) is 2. The third-order valence-corrected chi connectivity index (χ3v) is 6.63. The molecule has 0 aromatic heterocycles. The van der Waals surface area contributed by atoms with Gasteiger partial charge >= 0.3 is 0 Å². The van der Waals surface area contributed by atoms with Crippen molar-refractivity contribution in [1.82, 2.24) is 4.90 Å². The molecule has 0 N–H and O–H groups in total. The average Bonchev–Trinajstić information content (AvgIpc) is 2.80. The van der Waals surface area contributed by atoms with Crippen molar-refractivity contribution in [2.75, 3.05) is 38.1 Å². The van der Waals surface area contributed by atoms with E-state index < -0.39 is 0 Å². The molecule has 1 fully saturated rings. The number of hydrogen-bond donors (Lipinski definition) is 0. The lowest BCUT2D eigenvalue weighted by molar-refractivity contribution is 0.0874. The third kappa shape index (κ3) is 2.87. The first kappa shape index (κ1) is 18.5. The molecule has 0 amide bonds. The van der Waals surface area contributed by atoms with Gasteiger partial charge in [-0.25, -0.2) is 0 Å². The Morgan fingerprint density at radius 2 is 1.74 bits per heavy atom. The van der Waals surface area contributed by atoms with Gasteiger partial charge in [0, 0.05) is 36.3 Å². The summed E-state index contributed by atoms with van der Waals surface area (Å²) >= 11 is 0. The SMILES string of the molecule is CCCC1(CCC)C(=O)c2cccc3c(N4CCCN(C)CC4)ccc1c23. The van der Waals surface area contributed by atoms with E-state index in [0.717, 1.165) is 57.4 Å². The molecule has 2 aromatic rings. The van der Waals surface area contributed by atoms with Gasteiger partial charge in [0.15, 0.2) is 5.78 Å². The molecule has 1 aliphatic heterocycles. The van der Waals surface area contributed by atoms with Gasteiger partial charge in [-0.3, -0.25) is 4.79 Å². The van der Waals surface area contributed by atoms with E-state index in [4.69, 9.17) is 0 Å². The molecule has 0 spiro atoms. The van der Waals surface area contributed by atoms with Crippen molar-refractivity contribution in [1.29, 1.82) is 0 Å². The van der Waals surface area contributed by atoms with Crippen LogP contribution in [-0.4, -0.2) is 43.9 Å². The molecular weight excluding hydrogens is 332 g/mol. The molecule has 0 saturated carbocycles. The normalized spacial score (nSPS) is 19.7. The van der Waals surface area contributed by atoms with Crippen LogP contribution in [0.4, 0.5) is 5.69 Å². The number of Topliss-reactive ketones (excluding diaryl/α,β-unsaturated/α-hetero) is 1. The quantitative estimate of drug-likeness (QED) is 0.744. The Hall–Kier alpha value is -1.87. The summed E-state index contributed by atoms with van der Waals surface area (Å²) < 4.78 is 0. The zero-order valence-corrected chi connectivity index (χ0v) is 17.1. The fourth-order valence-corrected chi connectivity index (χ4v) is 5.40. The Labute approximate surface area is 163 Å². The van der Waals surface area contributed by atoms with Gasteiger partial charge in [0.2, 0.25) is 0 Å². The summed E-state index contributed by atoms with van der Waals surface area (Å²) in [6.45, 7) is 8.80. The fraction of sp³-hybridized carbons (Fsp3) is 0.542. The summed E-state index contributed by atoms with van der Waals surface area (Å²) in [7, 11) is 2.21. The van der Waals surface area contributed by atoms with Crippen LogP contribution in [-0.2, 0) is 5.41 Å². The van der Waals surface area contributed by atoms with E-state index in [2.05, 4.69) is 61.0 Å². The Kier molecular flexibility index (Phi) is 4.98. The van der Waals surface area contributed by atoms with Gasteiger partial charge in [-0.1, -0.05) is 51.0 Å². The molecular formula is C24H32N2O. The number of benzene rings is 2. The molecule has 0 unspecified atom stereocenters. The number of likely N-dealkylation sites (N-methyl/N-ethyl adjacent to an activating group) is 1. The first-order chi connectivity index (χ1) is 13.1. The molecule has 3 heteroatoms. The Morgan fingerprint density at radius 1 is 0.963 bits per heavy atom. The summed E-state index contributed by atoms with van der Waals surface area (Å²) in [6.07, 6.45) is 5.19. The first-order valence-corrected chi connectivity index (χ1v) is 10.7. The van der Waals surface area contributed by atoms with Crippen LogP contribution in [0.3, 0.4) is 0 Å². The van der Waals surface area contributed by atoms with E-state index in [1.165, 1.54) is 28.4 Å². The second kappa shape index (κ2) is 7.27. The first-order valence-electron chi connectivity index (χ1n) is 10.7. The average molecular weight is 365 g/mol. The van der Waals surface area contributed by atoms with E-state index in [1.54, 1.807) is 0 Å². The van der Waals surface area contributed by atoms with Gasteiger partial charge in [0.25, 0.3) is 0 Å². The maximum absolute atomic E-state index is 13.5. The predicted molar refractivity (Wildman–Crippen MR) is 114 cm³/mol. The lowest BCUT2D eigenvalue weighted by atomic mass is 9.73. The van der Waals surface area contributed by atoms with Crippen molar-refractivity contribution in [3.63, 3.8) is 0 Å². The molecule has 1 aliphatic carbocycles. The molecule has 144 valence electrons. The molecule has 2 aliphatic rings. The fourth-order valence-electron chi connectivity index (χ4n) is 5.40. The molecule has 1 saturated heterocycles. The van der Waals surface area contributed by atoms with Gasteiger partial charge in [0.05, 0.1) is 5.41 Å². The van der Waals surface area contributed by atoms with E-state index in [-0.39, 0.29) is 5.41 Å². The lowest BCUT2D eigenvalue weighted by Gasteiger charge is -2.29. The van der Waals surface area contributed by atoms with Crippen molar-refractivity contribution < 1.29 is 4.79 Å². The molecule has 0 atom stereocenters. The van der Waals surface area contributed by atoms with Crippen molar-refractivity contribution in [2.45, 2.75) is 51.4 Å². The van der Waals surface area contributed by atoms with Gasteiger partial charge in [-0.05, 0) is 49.9 Å². The second-order valence-electron chi connectivity index (χ2n) is 8.42. The summed E-state index contributed by atoms with van der Waals surface area (Å²) in [4.78, 5) is 18.5. The Balaban J connectivity index is 1.87. The standard InChI is InChI=1S/C24H32N2O/c1-4-12-24(13-5-2)20-10-11-21(26-15-7-14-25(3)16-17-26)18-8-6-9-19(22(18)20)23(24)27/h6,8-11H,4-5,7,12-17H2,1-3H3. The highest BCUT2D eigenvalue weighted by atomic mass is 16.1. The Bertz CT molecular complexity index is 851. The summed E-state index contributed by atoms with van der Waals surface area (Å²) in [5, 5.41) is 2.51.